The summed E-state index contributed by atoms with van der Waals surface area (Å²) in [5, 5.41) is 15.7. The van der Waals surface area contributed by atoms with Gasteiger partial charge >= 0.3 is 12.0 Å². The van der Waals surface area contributed by atoms with E-state index < -0.39 is 18.0 Å². The second kappa shape index (κ2) is 9.74. The average molecular weight is 491 g/mol. The molecule has 0 saturated heterocycles. The number of hydrogen-bond acceptors (Lipinski definition) is 6. The molecule has 0 aliphatic carbocycles. The zero-order valence-electron chi connectivity index (χ0n) is 17.3. The highest BCUT2D eigenvalue weighted by atomic mass is 79.9. The fourth-order valence-electron chi connectivity index (χ4n) is 3.25. The zero-order chi connectivity index (χ0) is 22.5. The molecular formula is C22H23BrN2O6. The van der Waals surface area contributed by atoms with E-state index in [4.69, 9.17) is 14.2 Å². The van der Waals surface area contributed by atoms with Crippen molar-refractivity contribution in [2.75, 3.05) is 20.3 Å². The van der Waals surface area contributed by atoms with Gasteiger partial charge in [-0.2, -0.15) is 0 Å². The number of carbonyl (C=O) groups excluding carboxylic acids is 2. The van der Waals surface area contributed by atoms with Gasteiger partial charge in [0.1, 0.15) is 5.75 Å². The summed E-state index contributed by atoms with van der Waals surface area (Å²) in [5.41, 5.74) is 1.72. The molecule has 0 aromatic heterocycles. The number of phenols is 1. The first kappa shape index (κ1) is 22.5. The van der Waals surface area contributed by atoms with E-state index in [1.807, 2.05) is 0 Å². The van der Waals surface area contributed by atoms with E-state index in [0.29, 0.717) is 33.7 Å². The van der Waals surface area contributed by atoms with E-state index >= 15 is 0 Å². The van der Waals surface area contributed by atoms with Gasteiger partial charge < -0.3 is 30.0 Å². The number of amides is 2. The second-order valence-electron chi connectivity index (χ2n) is 6.55. The first-order chi connectivity index (χ1) is 14.9. The molecule has 0 radical (unpaired) electrons. The number of carbonyl (C=O) groups is 2. The van der Waals surface area contributed by atoms with Crippen molar-refractivity contribution in [2.45, 2.75) is 19.9 Å². The van der Waals surface area contributed by atoms with Gasteiger partial charge in [0.25, 0.3) is 0 Å². The number of halogens is 1. The van der Waals surface area contributed by atoms with Crippen molar-refractivity contribution in [1.82, 2.24) is 10.6 Å². The highest BCUT2D eigenvalue weighted by Crippen LogP contribution is 2.40. The summed E-state index contributed by atoms with van der Waals surface area (Å²) in [6.45, 7) is 4.00. The lowest BCUT2D eigenvalue weighted by Crippen LogP contribution is -2.45. The maximum atomic E-state index is 13.0. The second-order valence-corrected chi connectivity index (χ2v) is 7.41. The Kier molecular flexibility index (Phi) is 7.06. The molecule has 3 rings (SSSR count). The number of rotatable bonds is 7. The van der Waals surface area contributed by atoms with Crippen molar-refractivity contribution in [3.05, 3.63) is 57.6 Å². The molecule has 1 aliphatic heterocycles. The van der Waals surface area contributed by atoms with Crippen molar-refractivity contribution in [2.24, 2.45) is 0 Å². The maximum Gasteiger partial charge on any atom is 0.338 e. The van der Waals surface area contributed by atoms with Crippen molar-refractivity contribution in [1.29, 1.82) is 0 Å². The van der Waals surface area contributed by atoms with Crippen LogP contribution in [0.15, 0.2) is 46.4 Å². The van der Waals surface area contributed by atoms with Crippen molar-refractivity contribution in [3.8, 4) is 17.2 Å². The molecule has 1 heterocycles. The molecule has 0 spiro atoms. The number of ether oxygens (including phenoxy) is 3. The van der Waals surface area contributed by atoms with E-state index in [2.05, 4.69) is 26.6 Å². The highest BCUT2D eigenvalue weighted by Gasteiger charge is 2.35. The van der Waals surface area contributed by atoms with Gasteiger partial charge in [-0.3, -0.25) is 0 Å². The van der Waals surface area contributed by atoms with E-state index in [0.717, 1.165) is 0 Å². The molecule has 2 aromatic rings. The third kappa shape index (κ3) is 4.77. The molecule has 1 atom stereocenters. The third-order valence-electron chi connectivity index (χ3n) is 4.63. The molecule has 1 aliphatic rings. The standard InChI is InChI=1S/C22H23BrN2O6/c1-4-30-16-11-13(10-15(23)20(16)26)19-17(21(27)31-5-2)18(24-22(28)25-19)12-6-8-14(29-3)9-7-12/h6-11,19,26H,4-5H2,1-3H3,(H2,24,25,28). The predicted molar refractivity (Wildman–Crippen MR) is 118 cm³/mol. The van der Waals surface area contributed by atoms with Gasteiger partial charge in [0, 0.05) is 0 Å². The Hall–Kier alpha value is -3.20. The van der Waals surface area contributed by atoms with Crippen molar-refractivity contribution in [3.63, 3.8) is 0 Å². The number of urea groups is 1. The number of methoxy groups -OCH3 is 1. The highest BCUT2D eigenvalue weighted by molar-refractivity contribution is 9.10. The molecule has 0 saturated carbocycles. The molecule has 2 amide bonds. The Morgan fingerprint density at radius 1 is 1.16 bits per heavy atom. The van der Waals surface area contributed by atoms with Crippen LogP contribution in [0.2, 0.25) is 0 Å². The largest absolute Gasteiger partial charge is 0.503 e. The van der Waals surface area contributed by atoms with Crippen LogP contribution in [0.1, 0.15) is 31.0 Å². The summed E-state index contributed by atoms with van der Waals surface area (Å²) in [4.78, 5) is 25.5. The van der Waals surface area contributed by atoms with Gasteiger partial charge in [-0.25, -0.2) is 9.59 Å². The van der Waals surface area contributed by atoms with Gasteiger partial charge in [0.05, 0.1) is 42.1 Å². The van der Waals surface area contributed by atoms with Gasteiger partial charge in [-0.1, -0.05) is 0 Å². The average Bonchev–Trinajstić information content (AvgIpc) is 2.76. The molecule has 0 bridgehead atoms. The fourth-order valence-corrected chi connectivity index (χ4v) is 3.71. The Morgan fingerprint density at radius 3 is 2.48 bits per heavy atom. The number of hydrogen-bond donors (Lipinski definition) is 3. The SMILES string of the molecule is CCOC(=O)C1=C(c2ccc(OC)cc2)NC(=O)NC1c1cc(Br)c(O)c(OCC)c1. The first-order valence-electron chi connectivity index (χ1n) is 9.68. The van der Waals surface area contributed by atoms with E-state index in [1.54, 1.807) is 57.4 Å². The third-order valence-corrected chi connectivity index (χ3v) is 5.23. The lowest BCUT2D eigenvalue weighted by Gasteiger charge is -2.30. The first-order valence-corrected chi connectivity index (χ1v) is 10.5. The smallest absolute Gasteiger partial charge is 0.338 e. The van der Waals surface area contributed by atoms with Crippen molar-refractivity contribution >= 4 is 33.6 Å². The van der Waals surface area contributed by atoms with Crippen molar-refractivity contribution < 1.29 is 28.9 Å². The molecule has 3 N–H and O–H groups in total. The fraction of sp³-hybridized carbons (Fsp3) is 0.273. The Morgan fingerprint density at radius 2 is 1.87 bits per heavy atom. The van der Waals surface area contributed by atoms with Crippen LogP contribution in [0.5, 0.6) is 17.2 Å². The van der Waals surface area contributed by atoms with Crippen LogP contribution >= 0.6 is 15.9 Å². The number of phenolic OH excluding ortho intramolecular Hbond substituents is 1. The molecule has 0 fully saturated rings. The summed E-state index contributed by atoms with van der Waals surface area (Å²) < 4.78 is 16.4. The summed E-state index contributed by atoms with van der Waals surface area (Å²) in [5.74, 6) is 0.229. The normalized spacial score (nSPS) is 15.7. The Labute approximate surface area is 188 Å². The Bertz CT molecular complexity index is 1020. The van der Waals surface area contributed by atoms with Crippen LogP contribution in [0.4, 0.5) is 4.79 Å². The van der Waals surface area contributed by atoms with Crippen LogP contribution in [-0.4, -0.2) is 37.4 Å². The number of aromatic hydroxyl groups is 1. The minimum Gasteiger partial charge on any atom is -0.503 e. The number of esters is 1. The van der Waals surface area contributed by atoms with Crippen LogP contribution in [0.25, 0.3) is 5.70 Å². The van der Waals surface area contributed by atoms with Gasteiger partial charge in [0.15, 0.2) is 11.5 Å². The molecule has 8 nitrogen and oxygen atoms in total. The number of nitrogens with one attached hydrogen (secondary N) is 2. The molecule has 31 heavy (non-hydrogen) atoms. The zero-order valence-corrected chi connectivity index (χ0v) is 18.9. The van der Waals surface area contributed by atoms with E-state index in [1.165, 1.54) is 0 Å². The topological polar surface area (TPSA) is 106 Å². The molecule has 9 heteroatoms. The summed E-state index contributed by atoms with van der Waals surface area (Å²) in [7, 11) is 1.55. The lowest BCUT2D eigenvalue weighted by molar-refractivity contribution is -0.138. The molecular weight excluding hydrogens is 468 g/mol. The van der Waals surface area contributed by atoms with Gasteiger partial charge in [-0.15, -0.1) is 0 Å². The monoisotopic (exact) mass is 490 g/mol. The van der Waals surface area contributed by atoms with E-state index in [9.17, 15) is 14.7 Å². The van der Waals surface area contributed by atoms with Gasteiger partial charge in [0.2, 0.25) is 0 Å². The minimum atomic E-state index is -0.832. The maximum absolute atomic E-state index is 13.0. The summed E-state index contributed by atoms with van der Waals surface area (Å²) >= 11 is 3.31. The molecule has 2 aromatic carbocycles. The quantitative estimate of drug-likeness (QED) is 0.508. The molecule has 1 unspecified atom stereocenters. The number of benzene rings is 2. The summed E-state index contributed by atoms with van der Waals surface area (Å²) in [6.07, 6.45) is 0. The Balaban J connectivity index is 2.19. The minimum absolute atomic E-state index is 0.0668. The van der Waals surface area contributed by atoms with Crippen LogP contribution < -0.4 is 20.1 Å². The summed E-state index contributed by atoms with van der Waals surface area (Å²) in [6, 6.07) is 8.86. The van der Waals surface area contributed by atoms with Crippen LogP contribution in [0.3, 0.4) is 0 Å². The molecule has 164 valence electrons. The van der Waals surface area contributed by atoms with Crippen LogP contribution in [0, 0.1) is 0 Å². The van der Waals surface area contributed by atoms with Crippen LogP contribution in [-0.2, 0) is 9.53 Å². The van der Waals surface area contributed by atoms with Gasteiger partial charge in [-0.05, 0) is 77.3 Å². The lowest BCUT2D eigenvalue weighted by atomic mass is 9.92. The van der Waals surface area contributed by atoms with E-state index in [-0.39, 0.29) is 23.7 Å². The predicted octanol–water partition coefficient (Wildman–Crippen LogP) is 3.89.